The Balaban J connectivity index is 1.78. The quantitative estimate of drug-likeness (QED) is 0.652. The number of nitrogens with one attached hydrogen (secondary N) is 2. The second-order valence-electron chi connectivity index (χ2n) is 5.32. The van der Waals surface area contributed by atoms with Gasteiger partial charge in [0.25, 0.3) is 0 Å². The predicted octanol–water partition coefficient (Wildman–Crippen LogP) is 5.34. The largest absolute Gasteiger partial charge is 0.340 e. The maximum absolute atomic E-state index is 4.50. The van der Waals surface area contributed by atoms with Gasteiger partial charge in [-0.25, -0.2) is 4.98 Å². The molecule has 116 valence electrons. The van der Waals surface area contributed by atoms with Crippen molar-refractivity contribution in [1.29, 1.82) is 0 Å². The molecule has 0 amide bonds. The molecule has 23 heavy (non-hydrogen) atoms. The lowest BCUT2D eigenvalue weighted by Gasteiger charge is -2.10. The molecule has 0 atom stereocenters. The van der Waals surface area contributed by atoms with Crippen LogP contribution in [-0.4, -0.2) is 9.97 Å². The number of anilines is 4. The van der Waals surface area contributed by atoms with Gasteiger partial charge in [0.05, 0.1) is 0 Å². The van der Waals surface area contributed by atoms with Crippen molar-refractivity contribution < 1.29 is 0 Å². The van der Waals surface area contributed by atoms with Gasteiger partial charge in [-0.1, -0.05) is 28.1 Å². The highest BCUT2D eigenvalue weighted by molar-refractivity contribution is 9.10. The number of aryl methyl sites for hydroxylation is 2. The SMILES string of the molecule is Cc1ccc(Nc2nccc(Nc3cccc(Br)c3)n2)cc1C. The molecule has 0 unspecified atom stereocenters. The number of aromatic nitrogens is 2. The zero-order valence-electron chi connectivity index (χ0n) is 13.0. The van der Waals surface area contributed by atoms with Gasteiger partial charge in [-0.05, 0) is 61.4 Å². The van der Waals surface area contributed by atoms with Gasteiger partial charge in [-0.15, -0.1) is 0 Å². The van der Waals surface area contributed by atoms with Gasteiger partial charge in [0.1, 0.15) is 5.82 Å². The van der Waals surface area contributed by atoms with Gasteiger partial charge in [0.2, 0.25) is 5.95 Å². The summed E-state index contributed by atoms with van der Waals surface area (Å²) in [6, 6.07) is 16.0. The van der Waals surface area contributed by atoms with Crippen molar-refractivity contribution in [3.8, 4) is 0 Å². The second-order valence-corrected chi connectivity index (χ2v) is 6.24. The van der Waals surface area contributed by atoms with E-state index in [0.717, 1.165) is 21.7 Å². The molecule has 3 aromatic rings. The standard InChI is InChI=1S/C18H17BrN4/c1-12-6-7-16(10-13(12)2)22-18-20-9-8-17(23-18)21-15-5-3-4-14(19)11-15/h3-11H,1-2H3,(H2,20,21,22,23). The van der Waals surface area contributed by atoms with Crippen molar-refractivity contribution in [2.45, 2.75) is 13.8 Å². The Morgan fingerprint density at radius 2 is 1.70 bits per heavy atom. The Morgan fingerprint density at radius 1 is 0.870 bits per heavy atom. The molecule has 0 radical (unpaired) electrons. The number of benzene rings is 2. The summed E-state index contributed by atoms with van der Waals surface area (Å²) in [5.74, 6) is 1.30. The van der Waals surface area contributed by atoms with Crippen molar-refractivity contribution in [3.63, 3.8) is 0 Å². The van der Waals surface area contributed by atoms with E-state index in [1.807, 2.05) is 36.4 Å². The first kappa shape index (κ1) is 15.5. The Bertz CT molecular complexity index is 833. The number of hydrogen-bond acceptors (Lipinski definition) is 4. The van der Waals surface area contributed by atoms with Gasteiger partial charge in [0.15, 0.2) is 0 Å². The van der Waals surface area contributed by atoms with Crippen LogP contribution in [0.5, 0.6) is 0 Å². The maximum Gasteiger partial charge on any atom is 0.229 e. The third kappa shape index (κ3) is 4.07. The summed E-state index contributed by atoms with van der Waals surface area (Å²) < 4.78 is 1.02. The van der Waals surface area contributed by atoms with Crippen LogP contribution in [0, 0.1) is 13.8 Å². The molecule has 0 spiro atoms. The van der Waals surface area contributed by atoms with Crippen LogP contribution in [-0.2, 0) is 0 Å². The van der Waals surface area contributed by atoms with Crippen molar-refractivity contribution in [1.82, 2.24) is 9.97 Å². The van der Waals surface area contributed by atoms with Crippen LogP contribution in [0.2, 0.25) is 0 Å². The molecule has 3 rings (SSSR count). The van der Waals surface area contributed by atoms with E-state index in [0.29, 0.717) is 5.95 Å². The minimum Gasteiger partial charge on any atom is -0.340 e. The number of hydrogen-bond donors (Lipinski definition) is 2. The molecule has 2 aromatic carbocycles. The van der Waals surface area contributed by atoms with Crippen molar-refractivity contribution in [2.24, 2.45) is 0 Å². The highest BCUT2D eigenvalue weighted by Crippen LogP contribution is 2.21. The summed E-state index contributed by atoms with van der Waals surface area (Å²) in [5, 5.41) is 6.51. The van der Waals surface area contributed by atoms with E-state index in [1.165, 1.54) is 11.1 Å². The Labute approximate surface area is 144 Å². The normalized spacial score (nSPS) is 10.4. The minimum atomic E-state index is 0.563. The highest BCUT2D eigenvalue weighted by Gasteiger charge is 2.02. The van der Waals surface area contributed by atoms with Gasteiger partial charge in [0, 0.05) is 22.0 Å². The van der Waals surface area contributed by atoms with Crippen LogP contribution in [0.25, 0.3) is 0 Å². The zero-order chi connectivity index (χ0) is 16.2. The van der Waals surface area contributed by atoms with E-state index in [2.05, 4.69) is 62.5 Å². The molecular formula is C18H17BrN4. The first-order chi connectivity index (χ1) is 11.1. The number of nitrogens with zero attached hydrogens (tertiary/aromatic N) is 2. The van der Waals surface area contributed by atoms with E-state index < -0.39 is 0 Å². The molecule has 0 aliphatic rings. The predicted molar refractivity (Wildman–Crippen MR) is 98.7 cm³/mol. The van der Waals surface area contributed by atoms with Crippen LogP contribution in [0.3, 0.4) is 0 Å². The maximum atomic E-state index is 4.50. The first-order valence-corrected chi connectivity index (χ1v) is 8.09. The lowest BCUT2D eigenvalue weighted by molar-refractivity contribution is 1.16. The third-order valence-corrected chi connectivity index (χ3v) is 4.01. The van der Waals surface area contributed by atoms with Gasteiger partial charge in [-0.2, -0.15) is 4.98 Å². The van der Waals surface area contributed by atoms with E-state index in [-0.39, 0.29) is 0 Å². The van der Waals surface area contributed by atoms with E-state index >= 15 is 0 Å². The smallest absolute Gasteiger partial charge is 0.229 e. The van der Waals surface area contributed by atoms with E-state index in [1.54, 1.807) is 6.20 Å². The topological polar surface area (TPSA) is 49.8 Å². The molecule has 5 heteroatoms. The van der Waals surface area contributed by atoms with Gasteiger partial charge in [-0.3, -0.25) is 0 Å². The monoisotopic (exact) mass is 368 g/mol. The zero-order valence-corrected chi connectivity index (χ0v) is 14.6. The molecule has 0 saturated heterocycles. The fourth-order valence-electron chi connectivity index (χ4n) is 2.15. The lowest BCUT2D eigenvalue weighted by Crippen LogP contribution is -2.00. The fraction of sp³-hybridized carbons (Fsp3) is 0.111. The average Bonchev–Trinajstić information content (AvgIpc) is 2.51. The molecule has 0 bridgehead atoms. The molecule has 2 N–H and O–H groups in total. The summed E-state index contributed by atoms with van der Waals surface area (Å²) in [6.45, 7) is 4.19. The molecule has 0 fully saturated rings. The van der Waals surface area contributed by atoms with Gasteiger partial charge >= 0.3 is 0 Å². The minimum absolute atomic E-state index is 0.563. The van der Waals surface area contributed by atoms with Crippen LogP contribution in [0.1, 0.15) is 11.1 Å². The summed E-state index contributed by atoms with van der Waals surface area (Å²) in [4.78, 5) is 8.77. The van der Waals surface area contributed by atoms with Crippen LogP contribution in [0.4, 0.5) is 23.1 Å². The van der Waals surface area contributed by atoms with Crippen molar-refractivity contribution in [2.75, 3.05) is 10.6 Å². The van der Waals surface area contributed by atoms with Crippen molar-refractivity contribution in [3.05, 3.63) is 70.3 Å². The van der Waals surface area contributed by atoms with Gasteiger partial charge < -0.3 is 10.6 Å². The molecule has 1 heterocycles. The summed E-state index contributed by atoms with van der Waals surface area (Å²) in [6.07, 6.45) is 1.73. The summed E-state index contributed by atoms with van der Waals surface area (Å²) in [7, 11) is 0. The number of rotatable bonds is 4. The molecular weight excluding hydrogens is 352 g/mol. The fourth-order valence-corrected chi connectivity index (χ4v) is 2.55. The van der Waals surface area contributed by atoms with Crippen LogP contribution in [0.15, 0.2) is 59.2 Å². The number of halogens is 1. The third-order valence-electron chi connectivity index (χ3n) is 3.52. The summed E-state index contributed by atoms with van der Waals surface area (Å²) >= 11 is 3.46. The highest BCUT2D eigenvalue weighted by atomic mass is 79.9. The molecule has 0 aliphatic carbocycles. The Hall–Kier alpha value is -2.40. The molecule has 4 nitrogen and oxygen atoms in total. The molecule has 1 aromatic heterocycles. The van der Waals surface area contributed by atoms with E-state index in [9.17, 15) is 0 Å². The Morgan fingerprint density at radius 3 is 2.48 bits per heavy atom. The van der Waals surface area contributed by atoms with Crippen LogP contribution < -0.4 is 10.6 Å². The summed E-state index contributed by atoms with van der Waals surface area (Å²) in [5.41, 5.74) is 4.45. The second kappa shape index (κ2) is 6.79. The van der Waals surface area contributed by atoms with E-state index in [4.69, 9.17) is 0 Å². The Kier molecular flexibility index (Phi) is 4.57. The van der Waals surface area contributed by atoms with Crippen LogP contribution >= 0.6 is 15.9 Å². The molecule has 0 saturated carbocycles. The lowest BCUT2D eigenvalue weighted by atomic mass is 10.1. The molecule has 0 aliphatic heterocycles. The van der Waals surface area contributed by atoms with Crippen molar-refractivity contribution >= 4 is 39.1 Å². The first-order valence-electron chi connectivity index (χ1n) is 7.30. The average molecular weight is 369 g/mol.